The van der Waals surface area contributed by atoms with Crippen molar-refractivity contribution in [2.75, 3.05) is 6.54 Å². The zero-order valence-corrected chi connectivity index (χ0v) is 8.89. The molecule has 2 aliphatic carbocycles. The average Bonchev–Trinajstić information content (AvgIpc) is 2.84. The van der Waals surface area contributed by atoms with E-state index >= 15 is 0 Å². The summed E-state index contributed by atoms with van der Waals surface area (Å²) in [5, 5.41) is 3.75. The van der Waals surface area contributed by atoms with Gasteiger partial charge in [-0.05, 0) is 37.6 Å². The smallest absolute Gasteiger partial charge is 0.00952 e. The second-order valence-corrected chi connectivity index (χ2v) is 4.89. The van der Waals surface area contributed by atoms with Gasteiger partial charge in [0, 0.05) is 6.04 Å². The maximum atomic E-state index is 3.75. The van der Waals surface area contributed by atoms with Crippen molar-refractivity contribution < 1.29 is 0 Å². The van der Waals surface area contributed by atoms with Crippen LogP contribution in [0.15, 0.2) is 0 Å². The highest BCUT2D eigenvalue weighted by Crippen LogP contribution is 2.32. The van der Waals surface area contributed by atoms with Gasteiger partial charge in [-0.2, -0.15) is 0 Å². The summed E-state index contributed by atoms with van der Waals surface area (Å²) in [4.78, 5) is 0. The minimum absolute atomic E-state index is 0.865. The predicted octanol–water partition coefficient (Wildman–Crippen LogP) is 2.95. The maximum Gasteiger partial charge on any atom is 0.00952 e. The molecule has 2 atom stereocenters. The molecular formula is C12H23N. The highest BCUT2D eigenvalue weighted by Gasteiger charge is 2.26. The van der Waals surface area contributed by atoms with Crippen molar-refractivity contribution in [3.05, 3.63) is 0 Å². The Hall–Kier alpha value is -0.0400. The highest BCUT2D eigenvalue weighted by molar-refractivity contribution is 4.83. The van der Waals surface area contributed by atoms with Crippen LogP contribution in [0.4, 0.5) is 0 Å². The lowest BCUT2D eigenvalue weighted by Gasteiger charge is -2.19. The third-order valence-corrected chi connectivity index (χ3v) is 3.84. The molecule has 1 N–H and O–H groups in total. The van der Waals surface area contributed by atoms with Gasteiger partial charge in [-0.3, -0.25) is 0 Å². The van der Waals surface area contributed by atoms with Crippen molar-refractivity contribution >= 4 is 0 Å². The highest BCUT2D eigenvalue weighted by atomic mass is 14.9. The predicted molar refractivity (Wildman–Crippen MR) is 56.8 cm³/mol. The maximum absolute atomic E-state index is 3.75. The second-order valence-electron chi connectivity index (χ2n) is 4.89. The standard InChI is InChI=1S/C12H23N/c1-2-11-4-3-5-12(11)13-9-8-10-6-7-10/h10-13H,2-9H2,1H3. The number of hydrogen-bond acceptors (Lipinski definition) is 1. The summed E-state index contributed by atoms with van der Waals surface area (Å²) in [6.45, 7) is 3.62. The molecule has 0 aliphatic heterocycles. The van der Waals surface area contributed by atoms with Crippen LogP contribution in [0.5, 0.6) is 0 Å². The summed E-state index contributed by atoms with van der Waals surface area (Å²) < 4.78 is 0. The van der Waals surface area contributed by atoms with Crippen molar-refractivity contribution in [3.8, 4) is 0 Å². The molecule has 2 aliphatic rings. The molecule has 0 heterocycles. The van der Waals surface area contributed by atoms with E-state index in [2.05, 4.69) is 12.2 Å². The second kappa shape index (κ2) is 4.45. The van der Waals surface area contributed by atoms with Crippen LogP contribution in [-0.4, -0.2) is 12.6 Å². The SMILES string of the molecule is CCC1CCCC1NCCC1CC1. The molecule has 0 aromatic heterocycles. The minimum atomic E-state index is 0.865. The normalized spacial score (nSPS) is 33.9. The lowest BCUT2D eigenvalue weighted by Crippen LogP contribution is -2.32. The van der Waals surface area contributed by atoms with Gasteiger partial charge in [0.2, 0.25) is 0 Å². The van der Waals surface area contributed by atoms with E-state index in [-0.39, 0.29) is 0 Å². The minimum Gasteiger partial charge on any atom is -0.314 e. The van der Waals surface area contributed by atoms with Crippen LogP contribution in [0, 0.1) is 11.8 Å². The van der Waals surface area contributed by atoms with Gasteiger partial charge in [0.05, 0.1) is 0 Å². The summed E-state index contributed by atoms with van der Waals surface area (Å²) in [7, 11) is 0. The van der Waals surface area contributed by atoms with E-state index in [0.717, 1.165) is 17.9 Å². The van der Waals surface area contributed by atoms with Crippen molar-refractivity contribution in [1.29, 1.82) is 0 Å². The Kier molecular flexibility index (Phi) is 3.26. The van der Waals surface area contributed by atoms with Crippen LogP contribution in [0.25, 0.3) is 0 Å². The molecule has 0 saturated heterocycles. The first-order valence-corrected chi connectivity index (χ1v) is 6.13. The molecule has 0 aromatic carbocycles. The van der Waals surface area contributed by atoms with Crippen LogP contribution in [0.1, 0.15) is 51.9 Å². The molecule has 0 aromatic rings. The fourth-order valence-corrected chi connectivity index (χ4v) is 2.67. The van der Waals surface area contributed by atoms with Crippen LogP contribution in [0.2, 0.25) is 0 Å². The van der Waals surface area contributed by atoms with E-state index < -0.39 is 0 Å². The Morgan fingerprint density at radius 3 is 2.69 bits per heavy atom. The van der Waals surface area contributed by atoms with Crippen molar-refractivity contribution in [3.63, 3.8) is 0 Å². The zero-order valence-electron chi connectivity index (χ0n) is 8.89. The van der Waals surface area contributed by atoms with E-state index in [4.69, 9.17) is 0 Å². The lowest BCUT2D eigenvalue weighted by atomic mass is 10.0. The van der Waals surface area contributed by atoms with Gasteiger partial charge in [-0.25, -0.2) is 0 Å². The van der Waals surface area contributed by atoms with Gasteiger partial charge >= 0.3 is 0 Å². The molecule has 0 radical (unpaired) electrons. The van der Waals surface area contributed by atoms with Gasteiger partial charge in [0.25, 0.3) is 0 Å². The molecule has 2 saturated carbocycles. The fraction of sp³-hybridized carbons (Fsp3) is 1.00. The van der Waals surface area contributed by atoms with Crippen LogP contribution >= 0.6 is 0 Å². The topological polar surface area (TPSA) is 12.0 Å². The molecule has 0 spiro atoms. The molecule has 1 nitrogen and oxygen atoms in total. The van der Waals surface area contributed by atoms with E-state index in [1.54, 1.807) is 0 Å². The molecule has 2 unspecified atom stereocenters. The summed E-state index contributed by atoms with van der Waals surface area (Å²) in [5.74, 6) is 2.08. The Balaban J connectivity index is 1.61. The van der Waals surface area contributed by atoms with Crippen molar-refractivity contribution in [2.24, 2.45) is 11.8 Å². The fourth-order valence-electron chi connectivity index (χ4n) is 2.67. The number of nitrogens with one attached hydrogen (secondary N) is 1. The molecule has 0 amide bonds. The quantitative estimate of drug-likeness (QED) is 0.687. The van der Waals surface area contributed by atoms with Crippen LogP contribution < -0.4 is 5.32 Å². The largest absolute Gasteiger partial charge is 0.314 e. The average molecular weight is 181 g/mol. The van der Waals surface area contributed by atoms with Gasteiger partial charge in [0.1, 0.15) is 0 Å². The van der Waals surface area contributed by atoms with E-state index in [1.165, 1.54) is 51.5 Å². The monoisotopic (exact) mass is 181 g/mol. The summed E-state index contributed by atoms with van der Waals surface area (Å²) in [5.41, 5.74) is 0. The Labute approximate surface area is 82.3 Å². The van der Waals surface area contributed by atoms with Gasteiger partial charge < -0.3 is 5.32 Å². The Morgan fingerprint density at radius 1 is 1.15 bits per heavy atom. The molecule has 2 rings (SSSR count). The summed E-state index contributed by atoms with van der Waals surface area (Å²) >= 11 is 0. The third-order valence-electron chi connectivity index (χ3n) is 3.84. The van der Waals surface area contributed by atoms with Crippen LogP contribution in [0.3, 0.4) is 0 Å². The van der Waals surface area contributed by atoms with E-state index in [9.17, 15) is 0 Å². The van der Waals surface area contributed by atoms with Gasteiger partial charge in [-0.15, -0.1) is 0 Å². The number of hydrogen-bond donors (Lipinski definition) is 1. The third kappa shape index (κ3) is 2.70. The molecule has 76 valence electrons. The van der Waals surface area contributed by atoms with Crippen molar-refractivity contribution in [1.82, 2.24) is 5.32 Å². The zero-order chi connectivity index (χ0) is 9.10. The molecule has 13 heavy (non-hydrogen) atoms. The lowest BCUT2D eigenvalue weighted by molar-refractivity contribution is 0.385. The van der Waals surface area contributed by atoms with E-state index in [1.807, 2.05) is 0 Å². The molecule has 1 heteroatoms. The first kappa shape index (κ1) is 9.51. The number of rotatable bonds is 5. The summed E-state index contributed by atoms with van der Waals surface area (Å²) in [6.07, 6.45) is 10.2. The van der Waals surface area contributed by atoms with Crippen LogP contribution in [-0.2, 0) is 0 Å². The molecule has 0 bridgehead atoms. The van der Waals surface area contributed by atoms with Gasteiger partial charge in [0.15, 0.2) is 0 Å². The Bertz CT molecular complexity index is 151. The van der Waals surface area contributed by atoms with E-state index in [0.29, 0.717) is 0 Å². The van der Waals surface area contributed by atoms with Gasteiger partial charge in [-0.1, -0.05) is 32.6 Å². The molecular weight excluding hydrogens is 158 g/mol. The van der Waals surface area contributed by atoms with Crippen molar-refractivity contribution in [2.45, 2.75) is 57.9 Å². The first-order valence-electron chi connectivity index (χ1n) is 6.13. The summed E-state index contributed by atoms with van der Waals surface area (Å²) in [6, 6.07) is 0.865. The first-order chi connectivity index (χ1) is 6.40. The molecule has 2 fully saturated rings. The Morgan fingerprint density at radius 2 is 2.00 bits per heavy atom.